The summed E-state index contributed by atoms with van der Waals surface area (Å²) >= 11 is 0. The summed E-state index contributed by atoms with van der Waals surface area (Å²) in [6.07, 6.45) is 59.2. The smallest absolute Gasteiger partial charge is 0.462 e. The van der Waals surface area contributed by atoms with Gasteiger partial charge in [0.05, 0.1) is 19.8 Å². The molecule has 0 amide bonds. The highest BCUT2D eigenvalue weighted by molar-refractivity contribution is 7.47. The van der Waals surface area contributed by atoms with Crippen molar-refractivity contribution in [3.05, 3.63) is 12.2 Å². The lowest BCUT2D eigenvalue weighted by atomic mass is 10.0. The molecule has 0 rings (SSSR count). The van der Waals surface area contributed by atoms with E-state index < -0.39 is 51.8 Å². The number of esters is 2. The predicted octanol–water partition coefficient (Wildman–Crippen LogP) is 17.5. The second-order valence-electron chi connectivity index (χ2n) is 20.4. The molecular weight excluding hydrogens is 888 g/mol. The lowest BCUT2D eigenvalue weighted by molar-refractivity contribution is -0.161. The fourth-order valence-corrected chi connectivity index (χ4v) is 9.67. The van der Waals surface area contributed by atoms with Crippen LogP contribution in [0.3, 0.4) is 0 Å². The second-order valence-corrected chi connectivity index (χ2v) is 21.8. The summed E-state index contributed by atoms with van der Waals surface area (Å²) < 4.78 is 33.0. The van der Waals surface area contributed by atoms with Gasteiger partial charge in [-0.3, -0.25) is 18.6 Å². The third-order valence-corrected chi connectivity index (χ3v) is 14.4. The first kappa shape index (κ1) is 67.7. The standard InChI is InChI=1S/C58H113O10P/c1-3-5-7-9-11-13-15-17-19-21-23-25-27-29-31-33-35-37-39-41-43-45-47-49-57(61)65-53-56(54-67-69(63,64)66-52-55(60)51-59)68-58(62)50-48-46-44-42-40-38-36-34-32-30-28-26-24-22-20-18-16-14-12-10-8-6-4-2/h42,44,55-56,59-60H,3-41,43,45-54H2,1-2H3,(H,63,64)/b44-42+/t55-,56+/m0/s1. The molecule has 3 atom stereocenters. The van der Waals surface area contributed by atoms with Gasteiger partial charge in [0.2, 0.25) is 0 Å². The summed E-state index contributed by atoms with van der Waals surface area (Å²) in [7, 11) is -4.63. The number of phosphoric acid groups is 1. The molecule has 0 heterocycles. The van der Waals surface area contributed by atoms with E-state index in [0.717, 1.165) is 32.1 Å². The fraction of sp³-hybridized carbons (Fsp3) is 0.931. The van der Waals surface area contributed by atoms with Crippen LogP contribution < -0.4 is 0 Å². The third kappa shape index (κ3) is 54.3. The molecule has 0 aromatic heterocycles. The molecular formula is C58H113O10P. The first-order valence-electron chi connectivity index (χ1n) is 29.6. The van der Waals surface area contributed by atoms with Gasteiger partial charge >= 0.3 is 19.8 Å². The predicted molar refractivity (Wildman–Crippen MR) is 289 cm³/mol. The minimum absolute atomic E-state index is 0.142. The zero-order chi connectivity index (χ0) is 50.4. The molecule has 0 aliphatic heterocycles. The van der Waals surface area contributed by atoms with Gasteiger partial charge in [-0.2, -0.15) is 0 Å². The highest BCUT2D eigenvalue weighted by Gasteiger charge is 2.27. The number of allylic oxidation sites excluding steroid dienone is 2. The van der Waals surface area contributed by atoms with Gasteiger partial charge in [0, 0.05) is 12.8 Å². The number of ether oxygens (including phenoxy) is 2. The normalized spacial score (nSPS) is 13.5. The van der Waals surface area contributed by atoms with Gasteiger partial charge in [-0.25, -0.2) is 4.57 Å². The lowest BCUT2D eigenvalue weighted by Crippen LogP contribution is -2.29. The molecule has 0 saturated heterocycles. The zero-order valence-electron chi connectivity index (χ0n) is 45.3. The van der Waals surface area contributed by atoms with Crippen LogP contribution in [0.4, 0.5) is 0 Å². The Morgan fingerprint density at radius 3 is 1.09 bits per heavy atom. The van der Waals surface area contributed by atoms with E-state index in [-0.39, 0.29) is 19.4 Å². The fourth-order valence-electron chi connectivity index (χ4n) is 8.89. The highest BCUT2D eigenvalue weighted by atomic mass is 31.2. The number of rotatable bonds is 57. The van der Waals surface area contributed by atoms with Gasteiger partial charge in [-0.15, -0.1) is 0 Å². The van der Waals surface area contributed by atoms with Crippen molar-refractivity contribution >= 4 is 19.8 Å². The SMILES string of the molecule is CCCCCCCCCCCCCCCCCCCC/C=C/CCCC(=O)O[C@H](COC(=O)CCCCCCCCCCCCCCCCCCCCCCCCC)COP(=O)(O)OC[C@@H](O)CO. The van der Waals surface area contributed by atoms with E-state index in [4.69, 9.17) is 23.6 Å². The summed E-state index contributed by atoms with van der Waals surface area (Å²) in [5.74, 6) is -0.940. The summed E-state index contributed by atoms with van der Waals surface area (Å²) in [6.45, 7) is 2.44. The first-order chi connectivity index (χ1) is 33.7. The van der Waals surface area contributed by atoms with Crippen LogP contribution in [0.1, 0.15) is 309 Å². The van der Waals surface area contributed by atoms with Crippen LogP contribution in [0, 0.1) is 0 Å². The minimum Gasteiger partial charge on any atom is -0.462 e. The molecule has 1 unspecified atom stereocenters. The molecule has 11 heteroatoms. The topological polar surface area (TPSA) is 149 Å². The van der Waals surface area contributed by atoms with Gasteiger partial charge in [0.15, 0.2) is 6.10 Å². The Bertz CT molecular complexity index is 1150. The van der Waals surface area contributed by atoms with E-state index in [1.165, 1.54) is 238 Å². The van der Waals surface area contributed by atoms with Gasteiger partial charge in [0.25, 0.3) is 0 Å². The van der Waals surface area contributed by atoms with Crippen LogP contribution in [0.2, 0.25) is 0 Å². The molecule has 69 heavy (non-hydrogen) atoms. The number of hydrogen-bond donors (Lipinski definition) is 3. The Balaban J connectivity index is 4.07. The third-order valence-electron chi connectivity index (χ3n) is 13.4. The van der Waals surface area contributed by atoms with Crippen LogP contribution in [0.25, 0.3) is 0 Å². The van der Waals surface area contributed by atoms with Crippen molar-refractivity contribution in [1.82, 2.24) is 0 Å². The van der Waals surface area contributed by atoms with E-state index in [1.807, 2.05) is 0 Å². The molecule has 0 bridgehead atoms. The average Bonchev–Trinajstić information content (AvgIpc) is 3.34. The number of phosphoric ester groups is 1. The number of aliphatic hydroxyl groups excluding tert-OH is 2. The summed E-state index contributed by atoms with van der Waals surface area (Å²) in [5.41, 5.74) is 0. The van der Waals surface area contributed by atoms with Gasteiger partial charge in [-0.05, 0) is 32.1 Å². The number of unbranched alkanes of at least 4 members (excludes halogenated alkanes) is 41. The van der Waals surface area contributed by atoms with Crippen LogP contribution in [0.15, 0.2) is 12.2 Å². The molecule has 0 aliphatic rings. The molecule has 10 nitrogen and oxygen atoms in total. The molecule has 0 aromatic rings. The van der Waals surface area contributed by atoms with Gasteiger partial charge < -0.3 is 24.6 Å². The van der Waals surface area contributed by atoms with Crippen molar-refractivity contribution in [2.75, 3.05) is 26.4 Å². The van der Waals surface area contributed by atoms with Crippen molar-refractivity contribution in [3.63, 3.8) is 0 Å². The Kier molecular flexibility index (Phi) is 53.5. The quantitative estimate of drug-likeness (QED) is 0.0233. The molecule has 410 valence electrons. The first-order valence-corrected chi connectivity index (χ1v) is 31.1. The van der Waals surface area contributed by atoms with Gasteiger partial charge in [-0.1, -0.05) is 276 Å². The van der Waals surface area contributed by atoms with Crippen LogP contribution in [-0.2, 0) is 32.7 Å². The van der Waals surface area contributed by atoms with Gasteiger partial charge in [0.1, 0.15) is 12.7 Å². The molecule has 0 saturated carbocycles. The van der Waals surface area contributed by atoms with Crippen molar-refractivity contribution in [2.24, 2.45) is 0 Å². The summed E-state index contributed by atoms with van der Waals surface area (Å²) in [5, 5.41) is 18.5. The molecule has 0 radical (unpaired) electrons. The van der Waals surface area contributed by atoms with Crippen LogP contribution in [0.5, 0.6) is 0 Å². The Morgan fingerprint density at radius 1 is 0.420 bits per heavy atom. The van der Waals surface area contributed by atoms with E-state index in [1.54, 1.807) is 0 Å². The Hall–Kier alpha value is -1.29. The lowest BCUT2D eigenvalue weighted by Gasteiger charge is -2.20. The molecule has 0 aromatic carbocycles. The number of carbonyl (C=O) groups excluding carboxylic acids is 2. The maximum Gasteiger partial charge on any atom is 0.472 e. The molecule has 0 fully saturated rings. The number of aliphatic hydroxyl groups is 2. The summed E-state index contributed by atoms with van der Waals surface area (Å²) in [4.78, 5) is 35.3. The number of carbonyl (C=O) groups is 2. The van der Waals surface area contributed by atoms with E-state index in [0.29, 0.717) is 12.8 Å². The highest BCUT2D eigenvalue weighted by Crippen LogP contribution is 2.43. The van der Waals surface area contributed by atoms with Crippen molar-refractivity contribution in [2.45, 2.75) is 321 Å². The van der Waals surface area contributed by atoms with Crippen molar-refractivity contribution < 1.29 is 47.8 Å². The molecule has 0 spiro atoms. The summed E-state index contributed by atoms with van der Waals surface area (Å²) in [6, 6.07) is 0. The maximum absolute atomic E-state index is 12.7. The van der Waals surface area contributed by atoms with Crippen molar-refractivity contribution in [3.8, 4) is 0 Å². The minimum atomic E-state index is -4.63. The molecule has 0 aliphatic carbocycles. The second kappa shape index (κ2) is 54.5. The Labute approximate surface area is 426 Å². The number of hydrogen-bond acceptors (Lipinski definition) is 9. The zero-order valence-corrected chi connectivity index (χ0v) is 46.2. The molecule has 3 N–H and O–H groups in total. The van der Waals surface area contributed by atoms with E-state index in [9.17, 15) is 24.2 Å². The van der Waals surface area contributed by atoms with E-state index in [2.05, 4.69) is 26.0 Å². The largest absolute Gasteiger partial charge is 0.472 e. The van der Waals surface area contributed by atoms with Crippen molar-refractivity contribution in [1.29, 1.82) is 0 Å². The maximum atomic E-state index is 12.7. The average molecular weight is 1000 g/mol. The Morgan fingerprint density at radius 2 is 0.725 bits per heavy atom. The van der Waals surface area contributed by atoms with Crippen LogP contribution >= 0.6 is 7.82 Å². The van der Waals surface area contributed by atoms with E-state index >= 15 is 0 Å². The monoisotopic (exact) mass is 1000 g/mol. The van der Waals surface area contributed by atoms with Crippen LogP contribution in [-0.4, -0.2) is 65.7 Å².